The zero-order valence-corrected chi connectivity index (χ0v) is 15.0. The number of nitrogens with zero attached hydrogens (tertiary/aromatic N) is 2. The molecule has 1 saturated heterocycles. The quantitative estimate of drug-likeness (QED) is 0.828. The summed E-state index contributed by atoms with van der Waals surface area (Å²) in [4.78, 5) is 16.9. The summed E-state index contributed by atoms with van der Waals surface area (Å²) >= 11 is 5.99. The molecule has 1 aliphatic heterocycles. The first-order valence-corrected chi connectivity index (χ1v) is 8.88. The van der Waals surface area contributed by atoms with E-state index in [1.807, 2.05) is 29.2 Å². The number of benzene rings is 2. The average Bonchev–Trinajstić information content (AvgIpc) is 2.62. The molecule has 0 unspecified atom stereocenters. The smallest absolute Gasteiger partial charge is 0.223 e. The topological polar surface area (TPSA) is 23.6 Å². The van der Waals surface area contributed by atoms with Crippen molar-refractivity contribution in [1.82, 2.24) is 9.80 Å². The number of carbonyl (C=O) groups is 1. The van der Waals surface area contributed by atoms with Crippen LogP contribution in [0, 0.1) is 5.82 Å². The van der Waals surface area contributed by atoms with Crippen molar-refractivity contribution in [3.63, 3.8) is 0 Å². The minimum Gasteiger partial charge on any atom is -0.340 e. The summed E-state index contributed by atoms with van der Waals surface area (Å²) in [5.41, 5.74) is 1.95. The standard InChI is InChI=1S/C20H22ClFN2O/c1-23-10-12-24(13-11-23)20(25)14-19(15-2-6-17(21)7-3-15)16-4-8-18(22)9-5-16/h2-9,19H,10-14H2,1H3/t19-/m1/s1. The van der Waals surface area contributed by atoms with Crippen molar-refractivity contribution in [3.05, 3.63) is 70.5 Å². The highest BCUT2D eigenvalue weighted by molar-refractivity contribution is 6.30. The molecule has 25 heavy (non-hydrogen) atoms. The third-order valence-corrected chi connectivity index (χ3v) is 5.03. The van der Waals surface area contributed by atoms with E-state index in [0.29, 0.717) is 11.4 Å². The van der Waals surface area contributed by atoms with Gasteiger partial charge in [0.25, 0.3) is 0 Å². The van der Waals surface area contributed by atoms with Crippen molar-refractivity contribution < 1.29 is 9.18 Å². The van der Waals surface area contributed by atoms with E-state index in [0.717, 1.165) is 37.3 Å². The molecule has 2 aromatic rings. The van der Waals surface area contributed by atoms with E-state index in [4.69, 9.17) is 11.6 Å². The fourth-order valence-electron chi connectivity index (χ4n) is 3.18. The molecule has 0 aromatic heterocycles. The van der Waals surface area contributed by atoms with Crippen LogP contribution >= 0.6 is 11.6 Å². The Morgan fingerprint density at radius 3 is 2.08 bits per heavy atom. The number of halogens is 2. The first-order chi connectivity index (χ1) is 12.0. The highest BCUT2D eigenvalue weighted by Gasteiger charge is 2.24. The maximum absolute atomic E-state index is 13.3. The van der Waals surface area contributed by atoms with Crippen molar-refractivity contribution in [1.29, 1.82) is 0 Å². The number of likely N-dealkylation sites (N-methyl/N-ethyl adjacent to an activating group) is 1. The van der Waals surface area contributed by atoms with E-state index >= 15 is 0 Å². The Morgan fingerprint density at radius 2 is 1.52 bits per heavy atom. The lowest BCUT2D eigenvalue weighted by Gasteiger charge is -2.33. The Morgan fingerprint density at radius 1 is 1.00 bits per heavy atom. The Labute approximate surface area is 153 Å². The Balaban J connectivity index is 1.82. The molecule has 0 radical (unpaired) electrons. The number of hydrogen-bond acceptors (Lipinski definition) is 2. The number of piperazine rings is 1. The van der Waals surface area contributed by atoms with Gasteiger partial charge in [0, 0.05) is 43.5 Å². The first-order valence-electron chi connectivity index (χ1n) is 8.50. The molecule has 0 saturated carbocycles. The molecular weight excluding hydrogens is 339 g/mol. The lowest BCUT2D eigenvalue weighted by Crippen LogP contribution is -2.47. The van der Waals surface area contributed by atoms with Gasteiger partial charge in [-0.05, 0) is 42.4 Å². The van der Waals surface area contributed by atoms with Crippen LogP contribution in [-0.4, -0.2) is 48.9 Å². The van der Waals surface area contributed by atoms with Gasteiger partial charge in [-0.3, -0.25) is 4.79 Å². The summed E-state index contributed by atoms with van der Waals surface area (Å²) in [6, 6.07) is 13.9. The lowest BCUT2D eigenvalue weighted by molar-refractivity contribution is -0.133. The second-order valence-corrected chi connectivity index (χ2v) is 6.98. The van der Waals surface area contributed by atoms with Crippen LogP contribution in [0.3, 0.4) is 0 Å². The number of hydrogen-bond donors (Lipinski definition) is 0. The molecule has 5 heteroatoms. The van der Waals surface area contributed by atoms with Gasteiger partial charge in [0.15, 0.2) is 0 Å². The highest BCUT2D eigenvalue weighted by Crippen LogP contribution is 2.30. The largest absolute Gasteiger partial charge is 0.340 e. The van der Waals surface area contributed by atoms with Crippen molar-refractivity contribution in [3.8, 4) is 0 Å². The Kier molecular flexibility index (Phi) is 5.71. The molecule has 0 N–H and O–H groups in total. The Bertz CT molecular complexity index is 664. The summed E-state index contributed by atoms with van der Waals surface area (Å²) in [6.45, 7) is 3.31. The van der Waals surface area contributed by atoms with E-state index in [-0.39, 0.29) is 17.6 Å². The van der Waals surface area contributed by atoms with Gasteiger partial charge in [-0.2, -0.15) is 0 Å². The van der Waals surface area contributed by atoms with Crippen LogP contribution < -0.4 is 0 Å². The highest BCUT2D eigenvalue weighted by atomic mass is 35.5. The van der Waals surface area contributed by atoms with Crippen LogP contribution in [0.4, 0.5) is 4.39 Å². The van der Waals surface area contributed by atoms with Crippen molar-refractivity contribution in [2.75, 3.05) is 33.2 Å². The van der Waals surface area contributed by atoms with Gasteiger partial charge in [-0.15, -0.1) is 0 Å². The summed E-state index contributed by atoms with van der Waals surface area (Å²) in [7, 11) is 2.07. The number of rotatable bonds is 4. The molecule has 3 rings (SSSR count). The van der Waals surface area contributed by atoms with Crippen LogP contribution in [0.5, 0.6) is 0 Å². The number of amides is 1. The minimum atomic E-state index is -0.274. The second kappa shape index (κ2) is 7.98. The monoisotopic (exact) mass is 360 g/mol. The molecule has 0 bridgehead atoms. The summed E-state index contributed by atoms with van der Waals surface area (Å²) < 4.78 is 13.3. The molecule has 0 aliphatic carbocycles. The summed E-state index contributed by atoms with van der Waals surface area (Å²) in [5, 5.41) is 0.659. The second-order valence-electron chi connectivity index (χ2n) is 6.54. The molecule has 1 fully saturated rings. The third-order valence-electron chi connectivity index (χ3n) is 4.78. The van der Waals surface area contributed by atoms with Crippen molar-refractivity contribution in [2.45, 2.75) is 12.3 Å². The van der Waals surface area contributed by atoms with Gasteiger partial charge in [0.2, 0.25) is 5.91 Å². The van der Waals surface area contributed by atoms with Gasteiger partial charge < -0.3 is 9.80 Å². The fourth-order valence-corrected chi connectivity index (χ4v) is 3.30. The van der Waals surface area contributed by atoms with Gasteiger partial charge in [-0.1, -0.05) is 35.9 Å². The van der Waals surface area contributed by atoms with Crippen LogP contribution in [0.25, 0.3) is 0 Å². The van der Waals surface area contributed by atoms with Crippen LogP contribution in [-0.2, 0) is 4.79 Å². The maximum atomic E-state index is 13.3. The van der Waals surface area contributed by atoms with Crippen LogP contribution in [0.2, 0.25) is 5.02 Å². The zero-order valence-electron chi connectivity index (χ0n) is 14.3. The van der Waals surface area contributed by atoms with E-state index in [9.17, 15) is 9.18 Å². The first kappa shape index (κ1) is 17.9. The predicted octanol–water partition coefficient (Wildman–Crippen LogP) is 3.78. The average molecular weight is 361 g/mol. The van der Waals surface area contributed by atoms with Crippen LogP contribution in [0.15, 0.2) is 48.5 Å². The predicted molar refractivity (Wildman–Crippen MR) is 98.4 cm³/mol. The van der Waals surface area contributed by atoms with Gasteiger partial charge in [-0.25, -0.2) is 4.39 Å². The normalized spacial score (nSPS) is 16.7. The van der Waals surface area contributed by atoms with Gasteiger partial charge >= 0.3 is 0 Å². The van der Waals surface area contributed by atoms with E-state index in [1.165, 1.54) is 12.1 Å². The van der Waals surface area contributed by atoms with E-state index in [2.05, 4.69) is 11.9 Å². The summed E-state index contributed by atoms with van der Waals surface area (Å²) in [5.74, 6) is -0.244. The van der Waals surface area contributed by atoms with Gasteiger partial charge in [0.05, 0.1) is 0 Å². The van der Waals surface area contributed by atoms with Crippen molar-refractivity contribution in [2.24, 2.45) is 0 Å². The fraction of sp³-hybridized carbons (Fsp3) is 0.350. The lowest BCUT2D eigenvalue weighted by atomic mass is 9.88. The molecule has 2 aromatic carbocycles. The van der Waals surface area contributed by atoms with Crippen LogP contribution in [0.1, 0.15) is 23.5 Å². The molecule has 0 spiro atoms. The molecule has 1 aliphatic rings. The molecule has 1 amide bonds. The maximum Gasteiger partial charge on any atom is 0.223 e. The van der Waals surface area contributed by atoms with Crippen molar-refractivity contribution >= 4 is 17.5 Å². The third kappa shape index (κ3) is 4.59. The molecule has 132 valence electrons. The molecule has 3 nitrogen and oxygen atoms in total. The SMILES string of the molecule is CN1CCN(C(=O)C[C@@H](c2ccc(F)cc2)c2ccc(Cl)cc2)CC1. The number of carbonyl (C=O) groups excluding carboxylic acids is 1. The Hall–Kier alpha value is -1.91. The molecule has 1 heterocycles. The van der Waals surface area contributed by atoms with E-state index in [1.54, 1.807) is 12.1 Å². The van der Waals surface area contributed by atoms with Gasteiger partial charge in [0.1, 0.15) is 5.82 Å². The minimum absolute atomic E-state index is 0.106. The molecular formula is C20H22ClFN2O. The van der Waals surface area contributed by atoms with E-state index < -0.39 is 0 Å². The molecule has 1 atom stereocenters. The zero-order chi connectivity index (χ0) is 17.8. The summed E-state index contributed by atoms with van der Waals surface area (Å²) in [6.07, 6.45) is 0.372.